The van der Waals surface area contributed by atoms with Crippen molar-refractivity contribution in [2.24, 2.45) is 0 Å². The molecule has 30 heavy (non-hydrogen) atoms. The maximum atomic E-state index is 11.6. The average Bonchev–Trinajstić information content (AvgIpc) is 2.74. The molecule has 0 spiro atoms. The number of benzene rings is 2. The number of hydrogen-bond donors (Lipinski definition) is 2. The molecule has 2 rings (SSSR count). The van der Waals surface area contributed by atoms with Crippen LogP contribution in [0.2, 0.25) is 10.0 Å². The van der Waals surface area contributed by atoms with Crippen molar-refractivity contribution in [1.82, 2.24) is 4.72 Å². The van der Waals surface area contributed by atoms with E-state index in [1.807, 2.05) is 49.6 Å². The Morgan fingerprint density at radius 1 is 1.10 bits per heavy atom. The van der Waals surface area contributed by atoms with E-state index in [9.17, 15) is 9.90 Å². The average molecular weight is 472 g/mol. The van der Waals surface area contributed by atoms with Gasteiger partial charge in [-0.05, 0) is 60.9 Å². The predicted molar refractivity (Wildman–Crippen MR) is 124 cm³/mol. The molecule has 0 saturated carbocycles. The van der Waals surface area contributed by atoms with Gasteiger partial charge in [0.25, 0.3) is 0 Å². The summed E-state index contributed by atoms with van der Waals surface area (Å²) in [6, 6.07) is 11.4. The van der Waals surface area contributed by atoms with Crippen LogP contribution in [0.15, 0.2) is 36.4 Å². The largest absolute Gasteiger partial charge is 0.488 e. The summed E-state index contributed by atoms with van der Waals surface area (Å²) in [5.74, 6) is 1.07. The van der Waals surface area contributed by atoms with Gasteiger partial charge in [-0.1, -0.05) is 54.2 Å². The number of ether oxygens (including phenoxy) is 2. The highest BCUT2D eigenvalue weighted by Crippen LogP contribution is 2.34. The summed E-state index contributed by atoms with van der Waals surface area (Å²) >= 11 is 14.0. The molecule has 1 atom stereocenters. The molecule has 2 aromatic rings. The number of halogens is 2. The molecule has 0 saturated heterocycles. The zero-order valence-electron chi connectivity index (χ0n) is 17.1. The molecule has 0 bridgehead atoms. The Bertz CT molecular complexity index is 794. The van der Waals surface area contributed by atoms with E-state index in [-0.39, 0.29) is 25.5 Å². The molecule has 0 aliphatic heterocycles. The maximum Gasteiger partial charge on any atom is 0.184 e. The Morgan fingerprint density at radius 2 is 1.73 bits per heavy atom. The molecule has 0 amide bonds. The number of Topliss-reactive ketones (excluding diaryl/α,β-unsaturated/α-hetero) is 1. The number of aryl methyl sites for hydroxylation is 2. The fourth-order valence-electron chi connectivity index (χ4n) is 2.60. The number of aliphatic hydroxyl groups is 1. The standard InChI is InChI=1S/C22H27Cl2NO4S/c1-3-17(26)13-29-22-20(23)10-16(11-21(22)24)5-4-15-6-8-19(9-7-15)28-14-18(27)12-25-30-2/h6-11,17,25-26H,3-5,12-14H2,1-2H3. The zero-order valence-corrected chi connectivity index (χ0v) is 19.4. The fraction of sp³-hybridized carbons (Fsp3) is 0.409. The van der Waals surface area contributed by atoms with Gasteiger partial charge in [-0.3, -0.25) is 9.52 Å². The second kappa shape index (κ2) is 13.1. The van der Waals surface area contributed by atoms with Crippen molar-refractivity contribution in [3.63, 3.8) is 0 Å². The van der Waals surface area contributed by atoms with Crippen LogP contribution in [0.4, 0.5) is 0 Å². The summed E-state index contributed by atoms with van der Waals surface area (Å²) in [4.78, 5) is 11.6. The van der Waals surface area contributed by atoms with Crippen molar-refractivity contribution >= 4 is 40.9 Å². The van der Waals surface area contributed by atoms with Crippen LogP contribution in [0, 0.1) is 0 Å². The third kappa shape index (κ3) is 8.36. The first kappa shape index (κ1) is 24.8. The minimum Gasteiger partial charge on any atom is -0.488 e. The third-order valence-corrected chi connectivity index (χ3v) is 5.38. The van der Waals surface area contributed by atoms with Crippen molar-refractivity contribution in [3.8, 4) is 11.5 Å². The smallest absolute Gasteiger partial charge is 0.184 e. The molecule has 164 valence electrons. The monoisotopic (exact) mass is 471 g/mol. The van der Waals surface area contributed by atoms with Crippen molar-refractivity contribution in [2.75, 3.05) is 26.0 Å². The Labute approximate surface area is 192 Å². The highest BCUT2D eigenvalue weighted by atomic mass is 35.5. The van der Waals surface area contributed by atoms with Gasteiger partial charge in [0.05, 0.1) is 22.7 Å². The lowest BCUT2D eigenvalue weighted by Crippen LogP contribution is -2.22. The van der Waals surface area contributed by atoms with Crippen LogP contribution >= 0.6 is 35.1 Å². The summed E-state index contributed by atoms with van der Waals surface area (Å²) < 4.78 is 14.0. The van der Waals surface area contributed by atoms with Crippen molar-refractivity contribution < 1.29 is 19.4 Å². The van der Waals surface area contributed by atoms with Crippen LogP contribution < -0.4 is 14.2 Å². The number of rotatable bonds is 13. The molecule has 8 heteroatoms. The molecule has 0 fully saturated rings. The molecule has 5 nitrogen and oxygen atoms in total. The van der Waals surface area contributed by atoms with Gasteiger partial charge in [-0.25, -0.2) is 0 Å². The van der Waals surface area contributed by atoms with E-state index in [0.717, 1.165) is 24.0 Å². The first-order valence-electron chi connectivity index (χ1n) is 9.71. The molecular weight excluding hydrogens is 445 g/mol. The number of hydrogen-bond acceptors (Lipinski definition) is 6. The molecule has 2 aromatic carbocycles. The third-order valence-electron chi connectivity index (χ3n) is 4.39. The van der Waals surface area contributed by atoms with Crippen LogP contribution in [0.25, 0.3) is 0 Å². The van der Waals surface area contributed by atoms with Crippen LogP contribution in [0.1, 0.15) is 24.5 Å². The normalized spacial score (nSPS) is 11.9. The highest BCUT2D eigenvalue weighted by Gasteiger charge is 2.12. The van der Waals surface area contributed by atoms with E-state index in [2.05, 4.69) is 4.72 Å². The zero-order chi connectivity index (χ0) is 21.9. The van der Waals surface area contributed by atoms with Gasteiger partial charge in [-0.15, -0.1) is 0 Å². The number of carbonyl (C=O) groups excluding carboxylic acids is 1. The summed E-state index contributed by atoms with van der Waals surface area (Å²) in [7, 11) is 0. The lowest BCUT2D eigenvalue weighted by Gasteiger charge is -2.14. The molecule has 1 unspecified atom stereocenters. The lowest BCUT2D eigenvalue weighted by molar-refractivity contribution is -0.119. The topological polar surface area (TPSA) is 67.8 Å². The van der Waals surface area contributed by atoms with E-state index < -0.39 is 6.10 Å². The van der Waals surface area contributed by atoms with Gasteiger partial charge in [-0.2, -0.15) is 0 Å². The van der Waals surface area contributed by atoms with Crippen LogP contribution in [0.5, 0.6) is 11.5 Å². The second-order valence-corrected chi connectivity index (χ2v) is 8.27. The van der Waals surface area contributed by atoms with E-state index in [4.69, 9.17) is 32.7 Å². The van der Waals surface area contributed by atoms with Gasteiger partial charge < -0.3 is 14.6 Å². The van der Waals surface area contributed by atoms with Gasteiger partial charge >= 0.3 is 0 Å². The molecule has 0 aliphatic rings. The van der Waals surface area contributed by atoms with E-state index in [0.29, 0.717) is 28.0 Å². The number of carbonyl (C=O) groups is 1. The van der Waals surface area contributed by atoms with Gasteiger partial charge in [0.2, 0.25) is 0 Å². The minimum absolute atomic E-state index is 0.00110. The Hall–Kier alpha value is -1.44. The van der Waals surface area contributed by atoms with E-state index in [1.165, 1.54) is 11.9 Å². The predicted octanol–water partition coefficient (Wildman–Crippen LogP) is 4.74. The lowest BCUT2D eigenvalue weighted by atomic mass is 10.0. The SMILES string of the molecule is CCC(O)COc1c(Cl)cc(CCc2ccc(OCC(=O)CNSC)cc2)cc1Cl. The van der Waals surface area contributed by atoms with Gasteiger partial charge in [0, 0.05) is 0 Å². The Morgan fingerprint density at radius 3 is 2.33 bits per heavy atom. The molecule has 2 N–H and O–H groups in total. The first-order chi connectivity index (χ1) is 14.4. The van der Waals surface area contributed by atoms with E-state index in [1.54, 1.807) is 0 Å². The Balaban J connectivity index is 1.87. The van der Waals surface area contributed by atoms with Crippen molar-refractivity contribution in [3.05, 3.63) is 57.6 Å². The summed E-state index contributed by atoms with van der Waals surface area (Å²) in [5.41, 5.74) is 2.14. The molecule has 0 heterocycles. The number of aliphatic hydroxyl groups excluding tert-OH is 1. The van der Waals surface area contributed by atoms with E-state index >= 15 is 0 Å². The molecule has 0 radical (unpaired) electrons. The molecule has 0 aromatic heterocycles. The van der Waals surface area contributed by atoms with Crippen LogP contribution in [0.3, 0.4) is 0 Å². The van der Waals surface area contributed by atoms with Crippen LogP contribution in [-0.4, -0.2) is 43.0 Å². The summed E-state index contributed by atoms with van der Waals surface area (Å²) in [6.07, 6.45) is 3.49. The van der Waals surface area contributed by atoms with Gasteiger partial charge in [0.1, 0.15) is 19.0 Å². The molecule has 0 aliphatic carbocycles. The fourth-order valence-corrected chi connectivity index (χ4v) is 3.55. The highest BCUT2D eigenvalue weighted by molar-refractivity contribution is 7.96. The summed E-state index contributed by atoms with van der Waals surface area (Å²) in [6.45, 7) is 2.37. The van der Waals surface area contributed by atoms with Crippen LogP contribution in [-0.2, 0) is 17.6 Å². The van der Waals surface area contributed by atoms with Crippen molar-refractivity contribution in [1.29, 1.82) is 0 Å². The number of ketones is 1. The molecular formula is C22H27Cl2NO4S. The van der Waals surface area contributed by atoms with Gasteiger partial charge in [0.15, 0.2) is 11.5 Å². The Kier molecular flexibility index (Phi) is 10.8. The van der Waals surface area contributed by atoms with Crippen molar-refractivity contribution in [2.45, 2.75) is 32.3 Å². The first-order valence-corrected chi connectivity index (χ1v) is 11.7. The minimum atomic E-state index is -0.547. The maximum absolute atomic E-state index is 11.6. The quantitative estimate of drug-likeness (QED) is 0.411. The summed E-state index contributed by atoms with van der Waals surface area (Å²) in [5, 5.41) is 10.5. The second-order valence-electron chi connectivity index (χ2n) is 6.76. The number of nitrogens with one attached hydrogen (secondary N) is 1.